The van der Waals surface area contributed by atoms with E-state index >= 15 is 0 Å². The minimum absolute atomic E-state index is 0.186. The summed E-state index contributed by atoms with van der Waals surface area (Å²) in [6.45, 7) is 0.186. The second-order valence-electron chi connectivity index (χ2n) is 3.63. The van der Waals surface area contributed by atoms with Crippen molar-refractivity contribution in [2.75, 3.05) is 6.54 Å². The molecule has 1 unspecified atom stereocenters. The Morgan fingerprint density at radius 2 is 2.22 bits per heavy atom. The molecule has 1 atom stereocenters. The smallest absolute Gasteiger partial charge is 0.328 e. The molecule has 0 saturated carbocycles. The molecule has 2 aromatic heterocycles. The molecule has 0 aliphatic rings. The highest BCUT2D eigenvalue weighted by atomic mass is 79.9. The lowest BCUT2D eigenvalue weighted by molar-refractivity contribution is -0.137. The SMILES string of the molecule is NCC(c1cc(Br)cs1)n1cc(C(F)(F)F)cn1. The van der Waals surface area contributed by atoms with Crippen molar-refractivity contribution in [3.05, 3.63) is 38.8 Å². The van der Waals surface area contributed by atoms with Gasteiger partial charge in [0.05, 0.1) is 17.8 Å². The number of hydrogen-bond donors (Lipinski definition) is 1. The highest BCUT2D eigenvalue weighted by molar-refractivity contribution is 9.10. The Bertz CT molecular complexity index is 534. The van der Waals surface area contributed by atoms with Gasteiger partial charge < -0.3 is 5.73 Å². The van der Waals surface area contributed by atoms with Gasteiger partial charge in [-0.1, -0.05) is 0 Å². The fourth-order valence-corrected chi connectivity index (χ4v) is 3.06. The minimum Gasteiger partial charge on any atom is -0.328 e. The lowest BCUT2D eigenvalue weighted by Crippen LogP contribution is -2.20. The van der Waals surface area contributed by atoms with Crippen LogP contribution >= 0.6 is 27.3 Å². The second-order valence-corrected chi connectivity index (χ2v) is 5.48. The van der Waals surface area contributed by atoms with Gasteiger partial charge in [-0.3, -0.25) is 4.68 Å². The molecule has 2 aromatic rings. The van der Waals surface area contributed by atoms with Gasteiger partial charge >= 0.3 is 6.18 Å². The van der Waals surface area contributed by atoms with Gasteiger partial charge in [0.2, 0.25) is 0 Å². The maximum atomic E-state index is 12.5. The van der Waals surface area contributed by atoms with Gasteiger partial charge in [0.15, 0.2) is 0 Å². The summed E-state index contributed by atoms with van der Waals surface area (Å²) in [5, 5.41) is 5.60. The molecule has 0 spiro atoms. The van der Waals surface area contributed by atoms with Crippen LogP contribution in [-0.2, 0) is 6.18 Å². The number of alkyl halides is 3. The van der Waals surface area contributed by atoms with Gasteiger partial charge in [0.1, 0.15) is 0 Å². The van der Waals surface area contributed by atoms with E-state index in [4.69, 9.17) is 5.73 Å². The van der Waals surface area contributed by atoms with Gasteiger partial charge in [0, 0.05) is 27.5 Å². The molecule has 2 heterocycles. The van der Waals surface area contributed by atoms with Crippen LogP contribution in [0.25, 0.3) is 0 Å². The third kappa shape index (κ3) is 2.76. The normalized spacial score (nSPS) is 13.8. The molecule has 0 amide bonds. The zero-order valence-electron chi connectivity index (χ0n) is 8.99. The van der Waals surface area contributed by atoms with Crippen LogP contribution in [0.3, 0.4) is 0 Å². The third-order valence-electron chi connectivity index (χ3n) is 2.39. The van der Waals surface area contributed by atoms with Crippen molar-refractivity contribution in [2.45, 2.75) is 12.2 Å². The molecule has 0 fully saturated rings. The van der Waals surface area contributed by atoms with Crippen molar-refractivity contribution < 1.29 is 13.2 Å². The van der Waals surface area contributed by atoms with Crippen molar-refractivity contribution in [3.8, 4) is 0 Å². The van der Waals surface area contributed by atoms with E-state index in [-0.39, 0.29) is 12.6 Å². The van der Waals surface area contributed by atoms with E-state index in [1.54, 1.807) is 0 Å². The van der Waals surface area contributed by atoms with E-state index < -0.39 is 11.7 Å². The lowest BCUT2D eigenvalue weighted by Gasteiger charge is -2.13. The van der Waals surface area contributed by atoms with E-state index in [1.165, 1.54) is 16.0 Å². The number of thiophene rings is 1. The summed E-state index contributed by atoms with van der Waals surface area (Å²) in [4.78, 5) is 0.862. The summed E-state index contributed by atoms with van der Waals surface area (Å²) in [7, 11) is 0. The van der Waals surface area contributed by atoms with Crippen molar-refractivity contribution in [2.24, 2.45) is 5.73 Å². The standard InChI is InChI=1S/C10H9BrF3N3S/c11-7-1-9(18-5-7)8(2-15)17-4-6(3-16-17)10(12,13)14/h1,3-5,8H,2,15H2. The molecule has 3 nitrogen and oxygen atoms in total. The molecule has 0 aliphatic carbocycles. The van der Waals surface area contributed by atoms with Gasteiger partial charge in [0.25, 0.3) is 0 Å². The van der Waals surface area contributed by atoms with Crippen LogP contribution in [0.4, 0.5) is 13.2 Å². The summed E-state index contributed by atoms with van der Waals surface area (Å²) in [5.41, 5.74) is 4.85. The average Bonchev–Trinajstić information content (AvgIpc) is 2.88. The van der Waals surface area contributed by atoms with Crippen LogP contribution in [0, 0.1) is 0 Å². The number of hydrogen-bond acceptors (Lipinski definition) is 3. The minimum atomic E-state index is -4.38. The highest BCUT2D eigenvalue weighted by Gasteiger charge is 2.33. The van der Waals surface area contributed by atoms with Crippen molar-refractivity contribution in [1.29, 1.82) is 0 Å². The van der Waals surface area contributed by atoms with Crippen molar-refractivity contribution >= 4 is 27.3 Å². The van der Waals surface area contributed by atoms with Crippen LogP contribution in [-0.4, -0.2) is 16.3 Å². The van der Waals surface area contributed by atoms with Crippen LogP contribution in [0.5, 0.6) is 0 Å². The molecule has 0 radical (unpaired) electrons. The number of aromatic nitrogens is 2. The number of nitrogens with zero attached hydrogens (tertiary/aromatic N) is 2. The molecule has 0 aromatic carbocycles. The third-order valence-corrected chi connectivity index (χ3v) is 4.18. The first-order valence-electron chi connectivity index (χ1n) is 4.97. The Hall–Kier alpha value is -0.860. The van der Waals surface area contributed by atoms with E-state index in [2.05, 4.69) is 21.0 Å². The first-order valence-corrected chi connectivity index (χ1v) is 6.64. The summed E-state index contributed by atoms with van der Waals surface area (Å²) >= 11 is 4.72. The Morgan fingerprint density at radius 1 is 1.50 bits per heavy atom. The average molecular weight is 340 g/mol. The topological polar surface area (TPSA) is 43.8 Å². The Balaban J connectivity index is 2.31. The van der Waals surface area contributed by atoms with Gasteiger partial charge in [-0.15, -0.1) is 11.3 Å². The maximum Gasteiger partial charge on any atom is 0.419 e. The van der Waals surface area contributed by atoms with E-state index in [0.29, 0.717) is 0 Å². The summed E-state index contributed by atoms with van der Waals surface area (Å²) in [6.07, 6.45) is -2.59. The summed E-state index contributed by atoms with van der Waals surface area (Å²) in [6, 6.07) is 1.45. The largest absolute Gasteiger partial charge is 0.419 e. The molecule has 0 aliphatic heterocycles. The van der Waals surface area contributed by atoms with Crippen LogP contribution in [0.2, 0.25) is 0 Å². The molecular weight excluding hydrogens is 331 g/mol. The highest BCUT2D eigenvalue weighted by Crippen LogP contribution is 2.31. The fraction of sp³-hybridized carbons (Fsp3) is 0.300. The van der Waals surface area contributed by atoms with Gasteiger partial charge in [-0.05, 0) is 22.0 Å². The Kier molecular flexibility index (Phi) is 3.79. The number of rotatable bonds is 3. The fourth-order valence-electron chi connectivity index (χ4n) is 1.51. The number of halogens is 4. The summed E-state index contributed by atoms with van der Waals surface area (Å²) in [5.74, 6) is 0. The molecule has 0 bridgehead atoms. The molecule has 98 valence electrons. The molecule has 18 heavy (non-hydrogen) atoms. The van der Waals surface area contributed by atoms with Gasteiger partial charge in [-0.25, -0.2) is 0 Å². The van der Waals surface area contributed by atoms with E-state index in [1.807, 2.05) is 11.4 Å². The second kappa shape index (κ2) is 5.02. The van der Waals surface area contributed by atoms with Crippen molar-refractivity contribution in [3.63, 3.8) is 0 Å². The van der Waals surface area contributed by atoms with Crippen LogP contribution in [0.1, 0.15) is 16.5 Å². The number of nitrogens with two attached hydrogens (primary N) is 1. The van der Waals surface area contributed by atoms with Crippen LogP contribution < -0.4 is 5.73 Å². The van der Waals surface area contributed by atoms with E-state index in [9.17, 15) is 13.2 Å². The molecule has 0 saturated heterocycles. The lowest BCUT2D eigenvalue weighted by atomic mass is 10.2. The first kappa shape index (κ1) is 13.6. The molecule has 2 N–H and O–H groups in total. The van der Waals surface area contributed by atoms with E-state index in [0.717, 1.165) is 21.7 Å². The van der Waals surface area contributed by atoms with Crippen LogP contribution in [0.15, 0.2) is 28.3 Å². The predicted molar refractivity (Wildman–Crippen MR) is 66.4 cm³/mol. The predicted octanol–water partition coefficient (Wildman–Crippen LogP) is 3.27. The van der Waals surface area contributed by atoms with Gasteiger partial charge in [-0.2, -0.15) is 18.3 Å². The molecule has 2 rings (SSSR count). The monoisotopic (exact) mass is 339 g/mol. The first-order chi connectivity index (χ1) is 8.41. The zero-order chi connectivity index (χ0) is 13.3. The Labute approximate surface area is 114 Å². The summed E-state index contributed by atoms with van der Waals surface area (Å²) < 4.78 is 39.6. The Morgan fingerprint density at radius 3 is 2.67 bits per heavy atom. The maximum absolute atomic E-state index is 12.5. The quantitative estimate of drug-likeness (QED) is 0.932. The van der Waals surface area contributed by atoms with Crippen molar-refractivity contribution in [1.82, 2.24) is 9.78 Å². The zero-order valence-corrected chi connectivity index (χ0v) is 11.4. The molecule has 8 heteroatoms. The molecular formula is C10H9BrF3N3S.